The summed E-state index contributed by atoms with van der Waals surface area (Å²) >= 11 is 5.48. The summed E-state index contributed by atoms with van der Waals surface area (Å²) < 4.78 is 0. The van der Waals surface area contributed by atoms with Crippen molar-refractivity contribution in [2.24, 2.45) is 0 Å². The predicted molar refractivity (Wildman–Crippen MR) is 67.7 cm³/mol. The van der Waals surface area contributed by atoms with Gasteiger partial charge in [0.15, 0.2) is 0 Å². The quantitative estimate of drug-likeness (QED) is 0.678. The van der Waals surface area contributed by atoms with Crippen LogP contribution in [0.3, 0.4) is 0 Å². The summed E-state index contributed by atoms with van der Waals surface area (Å²) in [4.78, 5) is 10.6. The van der Waals surface area contributed by atoms with E-state index >= 15 is 0 Å². The highest BCUT2D eigenvalue weighted by molar-refractivity contribution is 6.18. The monoisotopic (exact) mass is 257 g/mol. The lowest BCUT2D eigenvalue weighted by molar-refractivity contribution is -0.136. The maximum atomic E-state index is 10.6. The minimum Gasteiger partial charge on any atom is -0.481 e. The van der Waals surface area contributed by atoms with Crippen LogP contribution in [0.2, 0.25) is 0 Å². The Morgan fingerprint density at radius 3 is 2.76 bits per heavy atom. The van der Waals surface area contributed by atoms with E-state index in [0.29, 0.717) is 6.54 Å². The largest absolute Gasteiger partial charge is 0.481 e. The van der Waals surface area contributed by atoms with Crippen molar-refractivity contribution in [2.75, 3.05) is 17.7 Å². The predicted octanol–water partition coefficient (Wildman–Crippen LogP) is 1.63. The maximum Gasteiger partial charge on any atom is 0.307 e. The SMILES string of the molecule is Cc1cc(NCC(O)CCl)ccc1CC(=O)O. The maximum absolute atomic E-state index is 10.6. The number of anilines is 1. The first kappa shape index (κ1) is 13.8. The van der Waals surface area contributed by atoms with Gasteiger partial charge in [0.05, 0.1) is 18.4 Å². The Morgan fingerprint density at radius 1 is 1.53 bits per heavy atom. The minimum atomic E-state index is -0.841. The van der Waals surface area contributed by atoms with Gasteiger partial charge in [-0.1, -0.05) is 6.07 Å². The molecule has 4 nitrogen and oxygen atoms in total. The molecule has 94 valence electrons. The number of carboxylic acids is 1. The van der Waals surface area contributed by atoms with Crippen molar-refractivity contribution in [1.29, 1.82) is 0 Å². The molecule has 1 aromatic rings. The molecule has 1 aromatic carbocycles. The van der Waals surface area contributed by atoms with Gasteiger partial charge in [-0.2, -0.15) is 0 Å². The molecule has 5 heteroatoms. The fourth-order valence-electron chi connectivity index (χ4n) is 1.46. The third-order valence-electron chi connectivity index (χ3n) is 2.40. The van der Waals surface area contributed by atoms with E-state index in [0.717, 1.165) is 16.8 Å². The van der Waals surface area contributed by atoms with Gasteiger partial charge in [0.1, 0.15) is 0 Å². The van der Waals surface area contributed by atoms with Crippen molar-refractivity contribution in [2.45, 2.75) is 19.4 Å². The molecule has 1 unspecified atom stereocenters. The lowest BCUT2D eigenvalue weighted by atomic mass is 10.1. The van der Waals surface area contributed by atoms with E-state index in [9.17, 15) is 9.90 Å². The number of benzene rings is 1. The number of aryl methyl sites for hydroxylation is 1. The molecular formula is C12H16ClNO3. The fourth-order valence-corrected chi connectivity index (χ4v) is 1.57. The third-order valence-corrected chi connectivity index (χ3v) is 2.76. The topological polar surface area (TPSA) is 69.6 Å². The van der Waals surface area contributed by atoms with Gasteiger partial charge in [-0.25, -0.2) is 0 Å². The van der Waals surface area contributed by atoms with Crippen LogP contribution in [0.4, 0.5) is 5.69 Å². The van der Waals surface area contributed by atoms with Crippen molar-refractivity contribution in [3.63, 3.8) is 0 Å². The van der Waals surface area contributed by atoms with Crippen molar-refractivity contribution < 1.29 is 15.0 Å². The van der Waals surface area contributed by atoms with E-state index in [4.69, 9.17) is 16.7 Å². The highest BCUT2D eigenvalue weighted by Gasteiger charge is 2.06. The number of carbonyl (C=O) groups is 1. The number of alkyl halides is 1. The molecule has 0 spiro atoms. The van der Waals surface area contributed by atoms with Gasteiger partial charge in [0.25, 0.3) is 0 Å². The number of rotatable bonds is 6. The molecule has 0 saturated heterocycles. The van der Waals surface area contributed by atoms with E-state index in [-0.39, 0.29) is 12.3 Å². The Morgan fingerprint density at radius 2 is 2.24 bits per heavy atom. The molecule has 0 aliphatic heterocycles. The van der Waals surface area contributed by atoms with Gasteiger partial charge in [-0.15, -0.1) is 11.6 Å². The third kappa shape index (κ3) is 4.63. The highest BCUT2D eigenvalue weighted by atomic mass is 35.5. The molecule has 1 atom stereocenters. The van der Waals surface area contributed by atoms with Crippen LogP contribution in [0, 0.1) is 6.92 Å². The summed E-state index contributed by atoms with van der Waals surface area (Å²) in [6.45, 7) is 2.24. The summed E-state index contributed by atoms with van der Waals surface area (Å²) in [5, 5.41) is 21.0. The van der Waals surface area contributed by atoms with Gasteiger partial charge in [0.2, 0.25) is 0 Å². The van der Waals surface area contributed by atoms with Crippen molar-refractivity contribution in [1.82, 2.24) is 0 Å². The molecule has 17 heavy (non-hydrogen) atoms. The Labute approximate surface area is 105 Å². The minimum absolute atomic E-state index is 0.0242. The lowest BCUT2D eigenvalue weighted by Gasteiger charge is -2.12. The summed E-state index contributed by atoms with van der Waals surface area (Å²) in [6.07, 6.45) is -0.563. The van der Waals surface area contributed by atoms with E-state index in [1.54, 1.807) is 12.1 Å². The summed E-state index contributed by atoms with van der Waals surface area (Å²) in [6, 6.07) is 5.43. The molecule has 0 fully saturated rings. The molecule has 0 aromatic heterocycles. The van der Waals surface area contributed by atoms with E-state index in [1.807, 2.05) is 13.0 Å². The van der Waals surface area contributed by atoms with Crippen LogP contribution in [-0.2, 0) is 11.2 Å². The van der Waals surface area contributed by atoms with Crippen LogP contribution in [0.1, 0.15) is 11.1 Å². The van der Waals surface area contributed by atoms with Crippen molar-refractivity contribution in [3.05, 3.63) is 29.3 Å². The number of halogens is 1. The van der Waals surface area contributed by atoms with E-state index in [1.165, 1.54) is 0 Å². The van der Waals surface area contributed by atoms with Crippen LogP contribution in [0.15, 0.2) is 18.2 Å². The zero-order chi connectivity index (χ0) is 12.8. The Hall–Kier alpha value is -1.26. The summed E-state index contributed by atoms with van der Waals surface area (Å²) in [7, 11) is 0. The smallest absolute Gasteiger partial charge is 0.307 e. The van der Waals surface area contributed by atoms with Gasteiger partial charge >= 0.3 is 5.97 Å². The van der Waals surface area contributed by atoms with Crippen LogP contribution < -0.4 is 5.32 Å². The van der Waals surface area contributed by atoms with Crippen LogP contribution in [0.5, 0.6) is 0 Å². The van der Waals surface area contributed by atoms with Gasteiger partial charge in [0, 0.05) is 12.2 Å². The highest BCUT2D eigenvalue weighted by Crippen LogP contribution is 2.15. The molecule has 0 radical (unpaired) electrons. The Balaban J connectivity index is 2.65. The number of aliphatic carboxylic acids is 1. The van der Waals surface area contributed by atoms with Crippen molar-refractivity contribution >= 4 is 23.3 Å². The van der Waals surface area contributed by atoms with Gasteiger partial charge in [-0.3, -0.25) is 4.79 Å². The van der Waals surface area contributed by atoms with Gasteiger partial charge < -0.3 is 15.5 Å². The zero-order valence-corrected chi connectivity index (χ0v) is 10.4. The number of aliphatic hydroxyl groups excluding tert-OH is 1. The number of hydrogen-bond donors (Lipinski definition) is 3. The van der Waals surface area contributed by atoms with Crippen LogP contribution in [-0.4, -0.2) is 34.7 Å². The van der Waals surface area contributed by atoms with Crippen molar-refractivity contribution in [3.8, 4) is 0 Å². The average Bonchev–Trinajstić information content (AvgIpc) is 2.28. The molecule has 0 bridgehead atoms. The molecule has 0 aliphatic rings. The second-order valence-corrected chi connectivity index (χ2v) is 4.21. The molecule has 0 amide bonds. The lowest BCUT2D eigenvalue weighted by Crippen LogP contribution is -2.20. The average molecular weight is 258 g/mol. The molecule has 1 rings (SSSR count). The Bertz CT molecular complexity index is 395. The van der Waals surface area contributed by atoms with Crippen LogP contribution >= 0.6 is 11.6 Å². The first-order valence-electron chi connectivity index (χ1n) is 5.32. The first-order valence-corrected chi connectivity index (χ1v) is 5.85. The second-order valence-electron chi connectivity index (χ2n) is 3.90. The molecule has 0 saturated carbocycles. The summed E-state index contributed by atoms with van der Waals surface area (Å²) in [5.41, 5.74) is 2.56. The number of nitrogens with one attached hydrogen (secondary N) is 1. The zero-order valence-electron chi connectivity index (χ0n) is 9.61. The summed E-state index contributed by atoms with van der Waals surface area (Å²) in [5.74, 6) is -0.658. The molecule has 0 aliphatic carbocycles. The van der Waals surface area contributed by atoms with Gasteiger partial charge in [-0.05, 0) is 30.2 Å². The molecule has 0 heterocycles. The molecule has 3 N–H and O–H groups in total. The number of hydrogen-bond acceptors (Lipinski definition) is 3. The normalized spacial score (nSPS) is 12.2. The second kappa shape index (κ2) is 6.47. The number of carboxylic acid groups (broad SMARTS) is 1. The fraction of sp³-hybridized carbons (Fsp3) is 0.417. The standard InChI is InChI=1S/C12H16ClNO3/c1-8-4-10(14-7-11(15)6-13)3-2-9(8)5-12(16)17/h2-4,11,14-15H,5-7H2,1H3,(H,16,17). The Kier molecular flexibility index (Phi) is 5.25. The van der Waals surface area contributed by atoms with E-state index in [2.05, 4.69) is 5.32 Å². The number of aliphatic hydroxyl groups is 1. The molecular weight excluding hydrogens is 242 g/mol. The first-order chi connectivity index (χ1) is 8.02. The van der Waals surface area contributed by atoms with Crippen LogP contribution in [0.25, 0.3) is 0 Å². The van der Waals surface area contributed by atoms with E-state index < -0.39 is 12.1 Å².